The fraction of sp³-hybridized carbons (Fsp3) is 0.571. The van der Waals surface area contributed by atoms with Crippen molar-refractivity contribution in [1.29, 1.82) is 0 Å². The molecular weight excluding hydrogens is 423 g/mol. The fourth-order valence-electron chi connectivity index (χ4n) is 3.11. The topological polar surface area (TPSA) is 113 Å². The molecule has 2 rings (SSSR count). The van der Waals surface area contributed by atoms with Gasteiger partial charge in [-0.05, 0) is 44.7 Å². The van der Waals surface area contributed by atoms with Gasteiger partial charge in [-0.3, -0.25) is 9.32 Å². The Morgan fingerprint density at radius 3 is 2.55 bits per heavy atom. The van der Waals surface area contributed by atoms with E-state index in [0.717, 1.165) is 32.1 Å². The van der Waals surface area contributed by atoms with E-state index in [-0.39, 0.29) is 18.5 Å². The van der Waals surface area contributed by atoms with Crippen molar-refractivity contribution in [3.63, 3.8) is 0 Å². The predicted molar refractivity (Wildman–Crippen MR) is 115 cm³/mol. The molecule has 1 fully saturated rings. The second-order valence-electron chi connectivity index (χ2n) is 7.24. The van der Waals surface area contributed by atoms with Gasteiger partial charge in [0.2, 0.25) is 0 Å². The van der Waals surface area contributed by atoms with Gasteiger partial charge in [-0.2, -0.15) is 5.09 Å². The van der Waals surface area contributed by atoms with Crippen molar-refractivity contribution in [3.8, 4) is 18.1 Å². The summed E-state index contributed by atoms with van der Waals surface area (Å²) in [5, 5.41) is 5.41. The first kappa shape index (κ1) is 25.0. The molecule has 3 unspecified atom stereocenters. The molecule has 4 atom stereocenters. The molecule has 1 aliphatic rings. The fourth-order valence-corrected chi connectivity index (χ4v) is 4.62. The van der Waals surface area contributed by atoms with Gasteiger partial charge in [0.15, 0.2) is 6.04 Å². The summed E-state index contributed by atoms with van der Waals surface area (Å²) in [5.74, 6) is 1.90. The molecule has 0 amide bonds. The van der Waals surface area contributed by atoms with Crippen LogP contribution in [0.1, 0.15) is 39.0 Å². The zero-order chi connectivity index (χ0) is 22.7. The molecule has 170 valence electrons. The number of terminal acetylenes is 1. The number of carbonyl (C=O) groups is 1. The van der Waals surface area contributed by atoms with Gasteiger partial charge in [0.05, 0.1) is 6.61 Å². The van der Waals surface area contributed by atoms with Crippen molar-refractivity contribution in [2.75, 3.05) is 13.7 Å². The molecular formula is C21H29N2O7P. The van der Waals surface area contributed by atoms with E-state index in [2.05, 4.69) is 16.2 Å². The van der Waals surface area contributed by atoms with Gasteiger partial charge in [-0.1, -0.05) is 35.7 Å². The van der Waals surface area contributed by atoms with Gasteiger partial charge < -0.3 is 14.0 Å². The van der Waals surface area contributed by atoms with Gasteiger partial charge in [-0.15, -0.1) is 11.3 Å². The average Bonchev–Trinajstić information content (AvgIpc) is 2.78. The van der Waals surface area contributed by atoms with Crippen molar-refractivity contribution in [3.05, 3.63) is 35.2 Å². The maximum atomic E-state index is 13.4. The number of carbonyl (C=O) groups excluding carboxylic acids is 1. The number of hydrogen-bond donors (Lipinski definition) is 1. The van der Waals surface area contributed by atoms with Crippen LogP contribution in [0.3, 0.4) is 0 Å². The molecule has 0 aromatic heterocycles. The highest BCUT2D eigenvalue weighted by molar-refractivity contribution is 7.52. The van der Waals surface area contributed by atoms with Crippen LogP contribution in [0.2, 0.25) is 0 Å². The monoisotopic (exact) mass is 452 g/mol. The lowest BCUT2D eigenvalue weighted by Crippen LogP contribution is -2.38. The number of ether oxygens (including phenoxy) is 2. The SMILES string of the molecule is C#C[C@H](N=O)C(COP(=O)(NC(C)C(=O)OC1CCCCC1)Oc1ccccc1)OC. The van der Waals surface area contributed by atoms with Gasteiger partial charge in [0.25, 0.3) is 0 Å². The van der Waals surface area contributed by atoms with Crippen LogP contribution in [0.25, 0.3) is 0 Å². The van der Waals surface area contributed by atoms with Crippen molar-refractivity contribution in [2.24, 2.45) is 5.18 Å². The Morgan fingerprint density at radius 2 is 1.97 bits per heavy atom. The number of rotatable bonds is 12. The zero-order valence-corrected chi connectivity index (χ0v) is 18.7. The second-order valence-corrected chi connectivity index (χ2v) is 8.93. The lowest BCUT2D eigenvalue weighted by atomic mass is 9.98. The standard InChI is InChI=1S/C21H29N2O7P/c1-4-19(22-25)20(27-3)15-28-31(26,30-18-13-9-6-10-14-18)23-16(2)21(24)29-17-11-7-5-8-12-17/h1,6,9-10,13-14,16-17,19-20H,5,7-8,11-12,15H2,2-3H3,(H,23,26)/t16?,19-,20?,31?/m0/s1. The summed E-state index contributed by atoms with van der Waals surface area (Å²) < 4.78 is 35.1. The maximum absolute atomic E-state index is 13.4. The number of hydrogen-bond acceptors (Lipinski definition) is 8. The molecule has 1 saturated carbocycles. The number of nitrogens with one attached hydrogen (secondary N) is 1. The minimum Gasteiger partial charge on any atom is -0.461 e. The van der Waals surface area contributed by atoms with Gasteiger partial charge in [0, 0.05) is 7.11 Å². The normalized spacial score (nSPS) is 19.3. The number of methoxy groups -OCH3 is 1. The summed E-state index contributed by atoms with van der Waals surface area (Å²) in [6, 6.07) is 6.24. The lowest BCUT2D eigenvalue weighted by molar-refractivity contribution is -0.152. The van der Waals surface area contributed by atoms with E-state index in [9.17, 15) is 14.3 Å². The Labute approximate surface area is 182 Å². The van der Waals surface area contributed by atoms with Crippen LogP contribution in [-0.4, -0.2) is 44.0 Å². The van der Waals surface area contributed by atoms with E-state index >= 15 is 0 Å². The molecule has 0 saturated heterocycles. The van der Waals surface area contributed by atoms with Gasteiger partial charge in [0.1, 0.15) is 24.0 Å². The van der Waals surface area contributed by atoms with E-state index in [0.29, 0.717) is 0 Å². The third-order valence-corrected chi connectivity index (χ3v) is 6.50. The van der Waals surface area contributed by atoms with Crippen LogP contribution in [-0.2, 0) is 23.4 Å². The van der Waals surface area contributed by atoms with Gasteiger partial charge >= 0.3 is 13.7 Å². The number of nitrogens with zero attached hydrogens (tertiary/aromatic N) is 1. The highest BCUT2D eigenvalue weighted by atomic mass is 31.2. The van der Waals surface area contributed by atoms with E-state index in [4.69, 9.17) is 24.9 Å². The molecule has 10 heteroatoms. The van der Waals surface area contributed by atoms with E-state index in [1.165, 1.54) is 14.0 Å². The molecule has 1 aromatic carbocycles. The Balaban J connectivity index is 2.09. The Hall–Kier alpha value is -2.24. The first-order chi connectivity index (χ1) is 14.9. The van der Waals surface area contributed by atoms with E-state index in [1.54, 1.807) is 30.3 Å². The second kappa shape index (κ2) is 12.6. The van der Waals surface area contributed by atoms with Crippen LogP contribution in [0.4, 0.5) is 0 Å². The number of nitroso groups, excluding NO2 is 1. The summed E-state index contributed by atoms with van der Waals surface area (Å²) in [7, 11) is -2.75. The van der Waals surface area contributed by atoms with Crippen molar-refractivity contribution < 1.29 is 27.9 Å². The molecule has 0 aliphatic heterocycles. The number of para-hydroxylation sites is 1. The zero-order valence-electron chi connectivity index (χ0n) is 17.8. The van der Waals surface area contributed by atoms with Crippen LogP contribution < -0.4 is 9.61 Å². The van der Waals surface area contributed by atoms with Crippen molar-refractivity contribution >= 4 is 13.7 Å². The Kier molecular flexibility index (Phi) is 10.2. The smallest absolute Gasteiger partial charge is 0.459 e. The summed E-state index contributed by atoms with van der Waals surface area (Å²) in [5.41, 5.74) is 0. The average molecular weight is 452 g/mol. The van der Waals surface area contributed by atoms with E-state index < -0.39 is 31.9 Å². The highest BCUT2D eigenvalue weighted by Crippen LogP contribution is 2.45. The molecule has 1 aromatic rings. The molecule has 1 N–H and O–H groups in total. The number of benzene rings is 1. The van der Waals surface area contributed by atoms with Gasteiger partial charge in [-0.25, -0.2) is 4.57 Å². The molecule has 0 heterocycles. The summed E-state index contributed by atoms with van der Waals surface area (Å²) in [6.45, 7) is 1.17. The van der Waals surface area contributed by atoms with Crippen molar-refractivity contribution in [2.45, 2.75) is 63.3 Å². The summed E-state index contributed by atoms with van der Waals surface area (Å²) in [6.07, 6.45) is 8.97. The van der Waals surface area contributed by atoms with Crippen LogP contribution in [0.5, 0.6) is 5.75 Å². The Bertz CT molecular complexity index is 793. The quantitative estimate of drug-likeness (QED) is 0.220. The third kappa shape index (κ3) is 8.08. The molecule has 31 heavy (non-hydrogen) atoms. The molecule has 0 radical (unpaired) electrons. The van der Waals surface area contributed by atoms with Crippen molar-refractivity contribution in [1.82, 2.24) is 5.09 Å². The maximum Gasteiger partial charge on any atom is 0.459 e. The van der Waals surface area contributed by atoms with Crippen LogP contribution in [0.15, 0.2) is 35.5 Å². The molecule has 9 nitrogen and oxygen atoms in total. The van der Waals surface area contributed by atoms with Crippen LogP contribution >= 0.6 is 7.75 Å². The molecule has 1 aliphatic carbocycles. The van der Waals surface area contributed by atoms with Crippen LogP contribution in [0, 0.1) is 17.3 Å². The first-order valence-corrected chi connectivity index (χ1v) is 11.7. The molecule has 0 bridgehead atoms. The van der Waals surface area contributed by atoms with E-state index in [1.807, 2.05) is 0 Å². The predicted octanol–water partition coefficient (Wildman–Crippen LogP) is 3.83. The molecule has 0 spiro atoms. The first-order valence-electron chi connectivity index (χ1n) is 10.2. The largest absolute Gasteiger partial charge is 0.461 e. The minimum atomic E-state index is -4.08. The minimum absolute atomic E-state index is 0.145. The third-order valence-electron chi connectivity index (χ3n) is 4.86. The highest BCUT2D eigenvalue weighted by Gasteiger charge is 2.35. The Morgan fingerprint density at radius 1 is 1.29 bits per heavy atom. The lowest BCUT2D eigenvalue weighted by Gasteiger charge is -2.27. The number of esters is 1. The summed E-state index contributed by atoms with van der Waals surface area (Å²) in [4.78, 5) is 23.4. The summed E-state index contributed by atoms with van der Waals surface area (Å²) >= 11 is 0.